The number of H-pyrrole nitrogens is 1. The topological polar surface area (TPSA) is 92.0 Å². The molecule has 0 saturated heterocycles. The van der Waals surface area contributed by atoms with Gasteiger partial charge in [0.25, 0.3) is 0 Å². The van der Waals surface area contributed by atoms with Crippen LogP contribution in [0.25, 0.3) is 0 Å². The maximum Gasteiger partial charge on any atom is 0.320 e. The fourth-order valence-corrected chi connectivity index (χ4v) is 0.933. The second-order valence-corrected chi connectivity index (χ2v) is 2.73. The summed E-state index contributed by atoms with van der Waals surface area (Å²) in [6.07, 6.45) is 1.76. The highest BCUT2D eigenvalue weighted by molar-refractivity contribution is 7.80. The molecule has 0 bridgehead atoms. The average molecular weight is 186 g/mol. The Kier molecular flexibility index (Phi) is 2.61. The van der Waals surface area contributed by atoms with Crippen molar-refractivity contribution in [3.63, 3.8) is 0 Å². The van der Waals surface area contributed by atoms with Gasteiger partial charge in [-0.1, -0.05) is 0 Å². The first kappa shape index (κ1) is 8.95. The molecule has 0 aliphatic heterocycles. The van der Waals surface area contributed by atoms with Crippen LogP contribution < -0.4 is 5.73 Å². The summed E-state index contributed by atoms with van der Waals surface area (Å²) in [5.41, 5.74) is 5.85. The fourth-order valence-electron chi connectivity index (χ4n) is 0.757. The van der Waals surface area contributed by atoms with E-state index < -0.39 is 12.0 Å². The predicted octanol–water partition coefficient (Wildman–Crippen LogP) is -0.0795. The number of imidazole rings is 1. The van der Waals surface area contributed by atoms with Crippen molar-refractivity contribution in [2.45, 2.75) is 17.6 Å². The van der Waals surface area contributed by atoms with E-state index in [-0.39, 0.29) is 6.42 Å². The summed E-state index contributed by atoms with van der Waals surface area (Å²) in [5, 5.41) is 8.81. The molecule has 12 heavy (non-hydrogen) atoms. The Morgan fingerprint density at radius 3 is 3.00 bits per heavy atom. The molecule has 65 valence electrons. The number of carboxylic acids is 1. The lowest BCUT2D eigenvalue weighted by atomic mass is 10.2. The van der Waals surface area contributed by atoms with Crippen LogP contribution in [0.1, 0.15) is 5.69 Å². The van der Waals surface area contributed by atoms with E-state index in [1.807, 2.05) is 0 Å². The summed E-state index contributed by atoms with van der Waals surface area (Å²) in [7, 11) is 0. The number of nitrogens with zero attached hydrogens (tertiary/aromatic N) is 1. The number of nitrogens with two attached hydrogens (primary N) is 1. The molecule has 1 unspecified atom stereocenters. The Morgan fingerprint density at radius 1 is 1.92 bits per heavy atom. The molecule has 0 aliphatic carbocycles. The van der Waals surface area contributed by atoms with Crippen LogP contribution in [0.5, 0.6) is 0 Å². The number of carbonyl (C=O) groups is 1. The maximum atomic E-state index is 10.3. The van der Waals surface area contributed by atoms with Gasteiger partial charge >= 0.3 is 5.97 Å². The summed E-state index contributed by atoms with van der Waals surface area (Å²) < 4.78 is 0. The molecule has 1 aromatic heterocycles. The first-order valence-electron chi connectivity index (χ1n) is 3.29. The normalized spacial score (nSPS) is 12.8. The molecule has 0 aromatic carbocycles. The van der Waals surface area contributed by atoms with E-state index >= 15 is 0 Å². The first-order chi connectivity index (χ1) is 5.59. The van der Waals surface area contributed by atoms with E-state index in [1.165, 1.54) is 0 Å². The van der Waals surface area contributed by atoms with Crippen LogP contribution in [0.4, 0.5) is 0 Å². The van der Waals surface area contributed by atoms with Crippen LogP contribution >= 0.6 is 12.6 Å². The van der Waals surface area contributed by atoms with Crippen LogP contribution in [-0.2, 0) is 11.2 Å². The molecular formula is C6H8N3O2S. The highest BCUT2D eigenvalue weighted by Crippen LogP contribution is 2.02. The minimum atomic E-state index is -1.04. The zero-order chi connectivity index (χ0) is 9.14. The molecule has 1 aromatic rings. The summed E-state index contributed by atoms with van der Waals surface area (Å²) in [6.45, 7) is 0. The van der Waals surface area contributed by atoms with Crippen molar-refractivity contribution in [1.29, 1.82) is 0 Å². The van der Waals surface area contributed by atoms with Gasteiger partial charge in [0.2, 0.25) is 0 Å². The lowest BCUT2D eigenvalue weighted by Gasteiger charge is -2.01. The van der Waals surface area contributed by atoms with Gasteiger partial charge in [0.05, 0.1) is 5.69 Å². The van der Waals surface area contributed by atoms with E-state index in [1.54, 1.807) is 6.20 Å². The Balaban J connectivity index is 2.58. The number of carboxylic acid groups (broad SMARTS) is 1. The maximum absolute atomic E-state index is 10.3. The van der Waals surface area contributed by atoms with Gasteiger partial charge in [-0.3, -0.25) is 4.79 Å². The molecule has 0 amide bonds. The zero-order valence-electron chi connectivity index (χ0n) is 6.15. The van der Waals surface area contributed by atoms with Gasteiger partial charge in [-0.25, -0.2) is 4.98 Å². The largest absolute Gasteiger partial charge is 0.480 e. The number of hydrogen-bond acceptors (Lipinski definition) is 3. The van der Waals surface area contributed by atoms with Crippen LogP contribution in [-0.4, -0.2) is 27.1 Å². The third-order valence-electron chi connectivity index (χ3n) is 1.35. The van der Waals surface area contributed by atoms with Gasteiger partial charge in [0, 0.05) is 12.6 Å². The highest BCUT2D eigenvalue weighted by Gasteiger charge is 2.13. The number of aromatic amines is 1. The summed E-state index contributed by atoms with van der Waals surface area (Å²) in [4.78, 5) is 16.8. The number of aliphatic carboxylic acids is 1. The van der Waals surface area contributed by atoms with E-state index in [9.17, 15) is 4.79 Å². The van der Waals surface area contributed by atoms with Gasteiger partial charge in [0.1, 0.15) is 6.04 Å². The van der Waals surface area contributed by atoms with E-state index in [0.717, 1.165) is 0 Å². The SMILES string of the molecule is NC(Cc1c[nH]c([S])n1)C(=O)O. The molecule has 6 heteroatoms. The van der Waals surface area contributed by atoms with Crippen molar-refractivity contribution < 1.29 is 9.90 Å². The monoisotopic (exact) mass is 186 g/mol. The van der Waals surface area contributed by atoms with Gasteiger partial charge < -0.3 is 15.8 Å². The third kappa shape index (κ3) is 2.18. The second kappa shape index (κ2) is 3.51. The lowest BCUT2D eigenvalue weighted by Crippen LogP contribution is -2.32. The van der Waals surface area contributed by atoms with Crippen LogP contribution in [0.15, 0.2) is 11.4 Å². The molecule has 1 radical (unpaired) electrons. The molecule has 0 fully saturated rings. The first-order valence-corrected chi connectivity index (χ1v) is 3.70. The molecule has 0 spiro atoms. The Hall–Kier alpha value is -1.14. The molecule has 1 rings (SSSR count). The average Bonchev–Trinajstić information content (AvgIpc) is 2.35. The van der Waals surface area contributed by atoms with Crippen molar-refractivity contribution >= 4 is 18.6 Å². The van der Waals surface area contributed by atoms with Crippen molar-refractivity contribution in [2.24, 2.45) is 5.73 Å². The highest BCUT2D eigenvalue weighted by atomic mass is 32.1. The lowest BCUT2D eigenvalue weighted by molar-refractivity contribution is -0.138. The number of rotatable bonds is 3. The second-order valence-electron chi connectivity index (χ2n) is 2.35. The number of nitrogens with one attached hydrogen (secondary N) is 1. The molecule has 4 N–H and O–H groups in total. The Labute approximate surface area is 74.4 Å². The quantitative estimate of drug-likeness (QED) is 0.615. The smallest absolute Gasteiger partial charge is 0.320 e. The molecule has 1 heterocycles. The standard InChI is InChI=1S/C6H8N3O2S/c7-4(5(10)11)1-3-2-8-6(12)9-3/h2,4H,1,7H2,(H,8,9)(H,10,11). The van der Waals surface area contributed by atoms with Gasteiger partial charge in [-0.15, -0.1) is 0 Å². The van der Waals surface area contributed by atoms with E-state index in [2.05, 4.69) is 9.97 Å². The van der Waals surface area contributed by atoms with Gasteiger partial charge in [-0.05, 0) is 12.6 Å². The van der Waals surface area contributed by atoms with Crippen molar-refractivity contribution in [3.8, 4) is 0 Å². The molecule has 5 nitrogen and oxygen atoms in total. The van der Waals surface area contributed by atoms with Crippen molar-refractivity contribution in [3.05, 3.63) is 11.9 Å². The third-order valence-corrected chi connectivity index (χ3v) is 1.56. The molecule has 0 aliphatic rings. The van der Waals surface area contributed by atoms with Crippen molar-refractivity contribution in [1.82, 2.24) is 9.97 Å². The molecule has 0 saturated carbocycles. The number of aromatic nitrogens is 2. The Bertz CT molecular complexity index is 286. The van der Waals surface area contributed by atoms with Crippen molar-refractivity contribution in [2.75, 3.05) is 0 Å². The molecule has 1 atom stereocenters. The van der Waals surface area contributed by atoms with Crippen LogP contribution in [0.3, 0.4) is 0 Å². The van der Waals surface area contributed by atoms with Gasteiger partial charge in [-0.2, -0.15) is 0 Å². The van der Waals surface area contributed by atoms with Crippen LogP contribution in [0.2, 0.25) is 0 Å². The summed E-state index contributed by atoms with van der Waals surface area (Å²) in [6, 6.07) is -0.914. The molecular weight excluding hydrogens is 178 g/mol. The van der Waals surface area contributed by atoms with E-state index in [4.69, 9.17) is 23.5 Å². The van der Waals surface area contributed by atoms with Crippen LogP contribution in [0, 0.1) is 0 Å². The zero-order valence-corrected chi connectivity index (χ0v) is 6.97. The minimum Gasteiger partial charge on any atom is -0.480 e. The van der Waals surface area contributed by atoms with Gasteiger partial charge in [0.15, 0.2) is 5.16 Å². The summed E-state index contributed by atoms with van der Waals surface area (Å²) in [5.74, 6) is -1.04. The number of hydrogen-bond donors (Lipinski definition) is 3. The minimum absolute atomic E-state index is 0.197. The van der Waals surface area contributed by atoms with E-state index in [0.29, 0.717) is 10.9 Å². The fraction of sp³-hybridized carbons (Fsp3) is 0.333. The summed E-state index contributed by atoms with van der Waals surface area (Å²) >= 11 is 4.70. The predicted molar refractivity (Wildman–Crippen MR) is 43.8 cm³/mol. The Morgan fingerprint density at radius 2 is 2.58 bits per heavy atom.